The predicted octanol–water partition coefficient (Wildman–Crippen LogP) is 2.87. The fourth-order valence-electron chi connectivity index (χ4n) is 4.81. The molecule has 1 aliphatic carbocycles. The quantitative estimate of drug-likeness (QED) is 0.778. The molecule has 3 aliphatic rings. The van der Waals surface area contributed by atoms with Crippen LogP contribution in [0.5, 0.6) is 0 Å². The third-order valence-corrected chi connectivity index (χ3v) is 6.43. The van der Waals surface area contributed by atoms with E-state index in [2.05, 4.69) is 11.4 Å². The van der Waals surface area contributed by atoms with Gasteiger partial charge >= 0.3 is 0 Å². The Labute approximate surface area is 187 Å². The van der Waals surface area contributed by atoms with Crippen molar-refractivity contribution in [2.45, 2.75) is 56.2 Å². The third kappa shape index (κ3) is 3.91. The summed E-state index contributed by atoms with van der Waals surface area (Å²) < 4.78 is 25.2. The van der Waals surface area contributed by atoms with Crippen LogP contribution in [-0.2, 0) is 30.3 Å². The van der Waals surface area contributed by atoms with Gasteiger partial charge in [0.15, 0.2) is 6.29 Å². The molecule has 1 spiro atoms. The molecule has 32 heavy (non-hydrogen) atoms. The zero-order valence-electron chi connectivity index (χ0n) is 17.8. The lowest BCUT2D eigenvalue weighted by Gasteiger charge is -2.50. The molecule has 5 rings (SSSR count). The zero-order valence-corrected chi connectivity index (χ0v) is 17.8. The number of fused-ring (bicyclic) bond motifs is 1. The molecule has 0 unspecified atom stereocenters. The highest BCUT2D eigenvalue weighted by Crippen LogP contribution is 2.55. The summed E-state index contributed by atoms with van der Waals surface area (Å²) in [4.78, 5) is 12.1. The lowest BCUT2D eigenvalue weighted by Crippen LogP contribution is -2.68. The largest absolute Gasteiger partial charge is 0.368 e. The van der Waals surface area contributed by atoms with E-state index in [1.807, 2.05) is 60.7 Å². The molecule has 0 aromatic heterocycles. The zero-order chi connectivity index (χ0) is 22.1. The molecule has 2 aliphatic heterocycles. The van der Waals surface area contributed by atoms with Crippen molar-refractivity contribution < 1.29 is 23.7 Å². The van der Waals surface area contributed by atoms with Gasteiger partial charge in [0, 0.05) is 12.5 Å². The highest BCUT2D eigenvalue weighted by molar-refractivity contribution is 5.73. The Balaban J connectivity index is 1.45. The molecule has 7 nitrogen and oxygen atoms in total. The summed E-state index contributed by atoms with van der Waals surface area (Å²) in [6, 6.07) is 21.4. The minimum absolute atomic E-state index is 0.194. The number of hydrogen-bond acceptors (Lipinski definition) is 6. The summed E-state index contributed by atoms with van der Waals surface area (Å²) in [5.41, 5.74) is 1.14. The lowest BCUT2D eigenvalue weighted by molar-refractivity contribution is -0.326. The predicted molar refractivity (Wildman–Crippen MR) is 114 cm³/mol. The lowest BCUT2D eigenvalue weighted by atomic mass is 9.88. The van der Waals surface area contributed by atoms with E-state index in [1.54, 1.807) is 0 Å². The first-order chi connectivity index (χ1) is 15.6. The molecule has 0 radical (unpaired) electrons. The first-order valence-corrected chi connectivity index (χ1v) is 10.9. The summed E-state index contributed by atoms with van der Waals surface area (Å²) in [5.74, 6) is -0.505. The minimum Gasteiger partial charge on any atom is -0.368 e. The molecule has 2 saturated heterocycles. The summed E-state index contributed by atoms with van der Waals surface area (Å²) in [6.45, 7) is 2.15. The second-order valence-electron chi connectivity index (χ2n) is 8.61. The maximum absolute atomic E-state index is 12.1. The van der Waals surface area contributed by atoms with Crippen LogP contribution in [0.1, 0.15) is 30.8 Å². The van der Waals surface area contributed by atoms with Crippen molar-refractivity contribution in [2.75, 3.05) is 6.61 Å². The Bertz CT molecular complexity index is 994. The van der Waals surface area contributed by atoms with Crippen LogP contribution in [0.3, 0.4) is 0 Å². The van der Waals surface area contributed by atoms with Gasteiger partial charge in [-0.05, 0) is 12.0 Å². The van der Waals surface area contributed by atoms with Crippen molar-refractivity contribution >= 4 is 5.91 Å². The van der Waals surface area contributed by atoms with Crippen LogP contribution >= 0.6 is 0 Å². The highest BCUT2D eigenvalue weighted by Gasteiger charge is 2.69. The molecule has 2 aromatic carbocycles. The fraction of sp³-hybridized carbons (Fsp3) is 0.440. The fourth-order valence-corrected chi connectivity index (χ4v) is 4.81. The van der Waals surface area contributed by atoms with Gasteiger partial charge in [0.1, 0.15) is 23.9 Å². The van der Waals surface area contributed by atoms with Crippen LogP contribution in [0.4, 0.5) is 0 Å². The number of carbonyl (C=O) groups excluding carboxylic acids is 1. The van der Waals surface area contributed by atoms with Crippen molar-refractivity contribution in [3.05, 3.63) is 71.8 Å². The Morgan fingerprint density at radius 3 is 2.56 bits per heavy atom. The first kappa shape index (κ1) is 21.1. The monoisotopic (exact) mass is 434 g/mol. The third-order valence-electron chi connectivity index (χ3n) is 6.43. The van der Waals surface area contributed by atoms with E-state index in [0.717, 1.165) is 11.1 Å². The van der Waals surface area contributed by atoms with Gasteiger partial charge in [0.2, 0.25) is 5.91 Å². The number of rotatable bonds is 5. The van der Waals surface area contributed by atoms with Crippen LogP contribution in [0.25, 0.3) is 0 Å². The van der Waals surface area contributed by atoms with Crippen molar-refractivity contribution in [2.24, 2.45) is 5.92 Å². The normalized spacial score (nSPS) is 35.5. The number of carbonyl (C=O) groups is 1. The number of hydrogen-bond donors (Lipinski definition) is 1. The topological polar surface area (TPSA) is 89.8 Å². The number of nitrogens with one attached hydrogen (secondary N) is 1. The van der Waals surface area contributed by atoms with Crippen LogP contribution in [0.2, 0.25) is 0 Å². The standard InChI is InChI=1S/C25H26N2O5/c1-16(28)27-23-22(29-14-17-8-4-2-5-9-17)21-20(32-25(23)12-19(25)13-26)15-30-24(31-21)18-10-6-3-7-11-18/h2-11,19-24H,12,14-15H2,1H3,(H,27,28)/t19-,20-,21-,22-,23-,24-,25-/m1/s1. The second-order valence-corrected chi connectivity index (χ2v) is 8.61. The molecule has 7 heteroatoms. The maximum Gasteiger partial charge on any atom is 0.217 e. The van der Waals surface area contributed by atoms with E-state index >= 15 is 0 Å². The SMILES string of the molecule is CC(=O)N[C@@H]1[C@H](OCc2ccccc2)[C@@H]2O[C@H](c3ccccc3)OC[C@H]2O[C@@]12C[C@@H]2C#N. The molecule has 1 amide bonds. The average Bonchev–Trinajstić information content (AvgIpc) is 3.53. The Hall–Kier alpha value is -2.76. The maximum atomic E-state index is 12.1. The van der Waals surface area contributed by atoms with Gasteiger partial charge in [-0.1, -0.05) is 60.7 Å². The molecule has 1 N–H and O–H groups in total. The van der Waals surface area contributed by atoms with Crippen LogP contribution in [-0.4, -0.2) is 42.5 Å². The van der Waals surface area contributed by atoms with Crippen molar-refractivity contribution in [1.29, 1.82) is 5.26 Å². The van der Waals surface area contributed by atoms with E-state index in [0.29, 0.717) is 19.6 Å². The van der Waals surface area contributed by atoms with Crippen molar-refractivity contribution in [3.63, 3.8) is 0 Å². The average molecular weight is 434 g/mol. The Kier molecular flexibility index (Phi) is 5.70. The summed E-state index contributed by atoms with van der Waals surface area (Å²) in [7, 11) is 0. The molecule has 2 aromatic rings. The summed E-state index contributed by atoms with van der Waals surface area (Å²) >= 11 is 0. The smallest absolute Gasteiger partial charge is 0.217 e. The van der Waals surface area contributed by atoms with Crippen molar-refractivity contribution in [3.8, 4) is 6.07 Å². The number of ether oxygens (including phenoxy) is 4. The van der Waals surface area contributed by atoms with Gasteiger partial charge in [-0.25, -0.2) is 0 Å². The van der Waals surface area contributed by atoms with Gasteiger partial charge in [-0.3, -0.25) is 4.79 Å². The number of benzene rings is 2. The molecule has 166 valence electrons. The second kappa shape index (κ2) is 8.64. The summed E-state index contributed by atoms with van der Waals surface area (Å²) in [5, 5.41) is 12.6. The van der Waals surface area contributed by atoms with Crippen LogP contribution < -0.4 is 5.32 Å². The van der Waals surface area contributed by atoms with E-state index in [-0.39, 0.29) is 17.9 Å². The molecule has 1 saturated carbocycles. The first-order valence-electron chi connectivity index (χ1n) is 10.9. The number of nitriles is 1. The van der Waals surface area contributed by atoms with Gasteiger partial charge in [0.25, 0.3) is 0 Å². The molecular weight excluding hydrogens is 408 g/mol. The van der Waals surface area contributed by atoms with Gasteiger partial charge in [-0.15, -0.1) is 0 Å². The Morgan fingerprint density at radius 1 is 1.19 bits per heavy atom. The Morgan fingerprint density at radius 2 is 1.91 bits per heavy atom. The molecule has 2 heterocycles. The van der Waals surface area contributed by atoms with E-state index in [4.69, 9.17) is 18.9 Å². The number of nitrogens with zero attached hydrogens (tertiary/aromatic N) is 1. The minimum atomic E-state index is -0.782. The van der Waals surface area contributed by atoms with E-state index < -0.39 is 30.1 Å². The van der Waals surface area contributed by atoms with Crippen LogP contribution in [0.15, 0.2) is 60.7 Å². The van der Waals surface area contributed by atoms with Gasteiger partial charge in [-0.2, -0.15) is 5.26 Å². The molecule has 3 fully saturated rings. The summed E-state index contributed by atoms with van der Waals surface area (Å²) in [6.07, 6.45) is -1.35. The van der Waals surface area contributed by atoms with Crippen molar-refractivity contribution in [1.82, 2.24) is 5.32 Å². The van der Waals surface area contributed by atoms with Gasteiger partial charge < -0.3 is 24.3 Å². The van der Waals surface area contributed by atoms with Crippen LogP contribution in [0, 0.1) is 17.2 Å². The highest BCUT2D eigenvalue weighted by atomic mass is 16.7. The van der Waals surface area contributed by atoms with E-state index in [1.165, 1.54) is 6.92 Å². The molecule has 0 bridgehead atoms. The molecule has 7 atom stereocenters. The molecular formula is C25H26N2O5. The van der Waals surface area contributed by atoms with E-state index in [9.17, 15) is 10.1 Å². The van der Waals surface area contributed by atoms with Gasteiger partial charge in [0.05, 0.1) is 31.2 Å². The number of amides is 1.